The van der Waals surface area contributed by atoms with Crippen LogP contribution in [0.25, 0.3) is 0 Å². The number of carbonyl (C=O) groups is 3. The Morgan fingerprint density at radius 2 is 1.85 bits per heavy atom. The minimum Gasteiger partial charge on any atom is -0.446 e. The van der Waals surface area contributed by atoms with Gasteiger partial charge in [-0.15, -0.1) is 0 Å². The zero-order chi connectivity index (χ0) is 19.8. The van der Waals surface area contributed by atoms with Crippen molar-refractivity contribution in [2.75, 3.05) is 6.54 Å². The molecule has 3 amide bonds. The van der Waals surface area contributed by atoms with Gasteiger partial charge in [0, 0.05) is 24.4 Å². The molecule has 1 heterocycles. The van der Waals surface area contributed by atoms with Crippen LogP contribution >= 0.6 is 0 Å². The highest BCUT2D eigenvalue weighted by Crippen LogP contribution is 2.18. The molecular formula is C17H18N4O6. The van der Waals surface area contributed by atoms with Crippen molar-refractivity contribution in [3.8, 4) is 0 Å². The predicted octanol–water partition coefficient (Wildman–Crippen LogP) is -0.333. The lowest BCUT2D eigenvalue weighted by molar-refractivity contribution is -0.156. The van der Waals surface area contributed by atoms with Gasteiger partial charge in [-0.2, -0.15) is 0 Å². The van der Waals surface area contributed by atoms with Crippen molar-refractivity contribution in [2.45, 2.75) is 19.6 Å². The second-order valence-electron chi connectivity index (χ2n) is 5.37. The second kappa shape index (κ2) is 9.13. The van der Waals surface area contributed by atoms with Crippen LogP contribution in [0.15, 0.2) is 52.2 Å². The van der Waals surface area contributed by atoms with Gasteiger partial charge in [-0.1, -0.05) is 30.3 Å². The van der Waals surface area contributed by atoms with Crippen molar-refractivity contribution >= 4 is 17.9 Å². The van der Waals surface area contributed by atoms with Gasteiger partial charge in [0.2, 0.25) is 6.10 Å². The molecule has 0 fully saturated rings. The molecule has 10 heteroatoms. The van der Waals surface area contributed by atoms with Crippen LogP contribution in [0.2, 0.25) is 0 Å². The topological polar surface area (TPSA) is 139 Å². The van der Waals surface area contributed by atoms with Crippen LogP contribution in [-0.2, 0) is 20.9 Å². The zero-order valence-electron chi connectivity index (χ0n) is 14.4. The number of imide groups is 1. The summed E-state index contributed by atoms with van der Waals surface area (Å²) in [6.07, 6.45) is -0.255. The van der Waals surface area contributed by atoms with Gasteiger partial charge in [-0.05, 0) is 6.92 Å². The number of aromatic nitrogens is 2. The molecule has 10 nitrogen and oxygen atoms in total. The van der Waals surface area contributed by atoms with Crippen molar-refractivity contribution in [2.24, 2.45) is 0 Å². The van der Waals surface area contributed by atoms with E-state index in [0.29, 0.717) is 12.1 Å². The molecule has 0 saturated heterocycles. The molecule has 1 atom stereocenters. The summed E-state index contributed by atoms with van der Waals surface area (Å²) in [4.78, 5) is 60.9. The number of esters is 1. The third kappa shape index (κ3) is 5.66. The van der Waals surface area contributed by atoms with E-state index in [-0.39, 0.29) is 0 Å². The summed E-state index contributed by atoms with van der Waals surface area (Å²) < 4.78 is 6.11. The number of rotatable bonds is 6. The summed E-state index contributed by atoms with van der Waals surface area (Å²) in [5.41, 5.74) is -1.04. The molecule has 0 radical (unpaired) electrons. The first-order chi connectivity index (χ1) is 12.9. The zero-order valence-corrected chi connectivity index (χ0v) is 14.4. The predicted molar refractivity (Wildman–Crippen MR) is 93.8 cm³/mol. The Hall–Kier alpha value is -3.69. The first-order valence-corrected chi connectivity index (χ1v) is 8.03. The normalized spacial score (nSPS) is 11.3. The van der Waals surface area contributed by atoms with Gasteiger partial charge in [-0.25, -0.2) is 9.59 Å². The molecule has 1 aromatic carbocycles. The molecule has 0 aliphatic heterocycles. The Morgan fingerprint density at radius 3 is 2.48 bits per heavy atom. The molecule has 0 saturated carbocycles. The Morgan fingerprint density at radius 1 is 1.15 bits per heavy atom. The number of urea groups is 1. The lowest BCUT2D eigenvalue weighted by atomic mass is 10.1. The second-order valence-corrected chi connectivity index (χ2v) is 5.37. The number of hydrogen-bond donors (Lipinski definition) is 3. The molecule has 27 heavy (non-hydrogen) atoms. The van der Waals surface area contributed by atoms with Gasteiger partial charge in [-0.3, -0.25) is 29.3 Å². The van der Waals surface area contributed by atoms with Crippen LogP contribution in [0.4, 0.5) is 4.79 Å². The average molecular weight is 374 g/mol. The van der Waals surface area contributed by atoms with Crippen molar-refractivity contribution in [1.82, 2.24) is 20.2 Å². The van der Waals surface area contributed by atoms with Gasteiger partial charge < -0.3 is 10.1 Å². The van der Waals surface area contributed by atoms with E-state index in [1.807, 2.05) is 4.98 Å². The van der Waals surface area contributed by atoms with Crippen LogP contribution < -0.4 is 21.9 Å². The van der Waals surface area contributed by atoms with E-state index in [1.165, 1.54) is 0 Å². The lowest BCUT2D eigenvalue weighted by Crippen LogP contribution is -2.43. The number of benzene rings is 1. The lowest BCUT2D eigenvalue weighted by Gasteiger charge is -2.18. The third-order valence-electron chi connectivity index (χ3n) is 3.36. The van der Waals surface area contributed by atoms with Crippen LogP contribution in [0.3, 0.4) is 0 Å². The summed E-state index contributed by atoms with van der Waals surface area (Å²) in [5.74, 6) is -1.74. The van der Waals surface area contributed by atoms with Gasteiger partial charge in [0.1, 0.15) is 6.54 Å². The van der Waals surface area contributed by atoms with E-state index in [1.54, 1.807) is 37.3 Å². The van der Waals surface area contributed by atoms with Gasteiger partial charge in [0.15, 0.2) is 0 Å². The van der Waals surface area contributed by atoms with E-state index >= 15 is 0 Å². The molecule has 0 aliphatic carbocycles. The van der Waals surface area contributed by atoms with E-state index in [4.69, 9.17) is 4.74 Å². The monoisotopic (exact) mass is 374 g/mol. The molecule has 0 spiro atoms. The number of aromatic amines is 1. The molecule has 0 unspecified atom stereocenters. The highest BCUT2D eigenvalue weighted by molar-refractivity contribution is 5.97. The largest absolute Gasteiger partial charge is 0.446 e. The molecule has 2 rings (SSSR count). The fourth-order valence-corrected chi connectivity index (χ4v) is 2.16. The Balaban J connectivity index is 2.17. The maximum absolute atomic E-state index is 12.4. The molecule has 1 aromatic heterocycles. The maximum atomic E-state index is 12.4. The van der Waals surface area contributed by atoms with E-state index in [2.05, 4.69) is 10.6 Å². The highest BCUT2D eigenvalue weighted by atomic mass is 16.5. The number of nitrogens with zero attached hydrogens (tertiary/aromatic N) is 1. The van der Waals surface area contributed by atoms with Gasteiger partial charge >= 0.3 is 17.7 Å². The molecule has 0 aliphatic rings. The number of nitrogens with one attached hydrogen (secondary N) is 3. The Labute approximate surface area is 153 Å². The minimum absolute atomic E-state index is 0.310. The summed E-state index contributed by atoms with van der Waals surface area (Å²) in [5, 5.41) is 4.48. The molecule has 0 bridgehead atoms. The first-order valence-electron chi connectivity index (χ1n) is 8.03. The summed E-state index contributed by atoms with van der Waals surface area (Å²) in [6.45, 7) is 1.47. The number of ether oxygens (including phenoxy) is 1. The van der Waals surface area contributed by atoms with Crippen LogP contribution in [0.5, 0.6) is 0 Å². The standard InChI is InChI=1S/C17H18N4O6/c1-2-18-16(25)20-15(24)14(11-6-4-3-5-7-11)27-13(23)10-21-9-8-12(22)19-17(21)26/h3-9,14H,2,10H2,1H3,(H,19,22,26)(H2,18,20,24,25)/t14-/m0/s1. The van der Waals surface area contributed by atoms with E-state index < -0.39 is 41.8 Å². The van der Waals surface area contributed by atoms with Crippen LogP contribution in [0, 0.1) is 0 Å². The Kier molecular flexibility index (Phi) is 6.64. The Bertz CT molecular complexity index is 934. The summed E-state index contributed by atoms with van der Waals surface area (Å²) in [6, 6.07) is 8.46. The summed E-state index contributed by atoms with van der Waals surface area (Å²) in [7, 11) is 0. The fourth-order valence-electron chi connectivity index (χ4n) is 2.16. The van der Waals surface area contributed by atoms with Crippen LogP contribution in [0.1, 0.15) is 18.6 Å². The fraction of sp³-hybridized carbons (Fsp3) is 0.235. The molecule has 3 N–H and O–H groups in total. The van der Waals surface area contributed by atoms with Crippen LogP contribution in [-0.4, -0.2) is 34.0 Å². The van der Waals surface area contributed by atoms with Crippen molar-refractivity contribution in [3.63, 3.8) is 0 Å². The molecule has 2 aromatic rings. The number of H-pyrrole nitrogens is 1. The molecule has 142 valence electrons. The highest BCUT2D eigenvalue weighted by Gasteiger charge is 2.26. The quantitative estimate of drug-likeness (QED) is 0.592. The van der Waals surface area contributed by atoms with Gasteiger partial charge in [0.25, 0.3) is 11.5 Å². The SMILES string of the molecule is CCNC(=O)NC(=O)[C@@H](OC(=O)Cn1ccc(=O)[nH]c1=O)c1ccccc1. The number of hydrogen-bond acceptors (Lipinski definition) is 6. The maximum Gasteiger partial charge on any atom is 0.328 e. The summed E-state index contributed by atoms with van der Waals surface area (Å²) >= 11 is 0. The van der Waals surface area contributed by atoms with E-state index in [0.717, 1.165) is 16.8 Å². The number of carbonyl (C=O) groups excluding carboxylic acids is 3. The third-order valence-corrected chi connectivity index (χ3v) is 3.36. The van der Waals surface area contributed by atoms with E-state index in [9.17, 15) is 24.0 Å². The smallest absolute Gasteiger partial charge is 0.328 e. The van der Waals surface area contributed by atoms with Crippen molar-refractivity contribution in [1.29, 1.82) is 0 Å². The molecular weight excluding hydrogens is 356 g/mol. The number of amides is 3. The average Bonchev–Trinajstić information content (AvgIpc) is 2.63. The minimum atomic E-state index is -1.39. The van der Waals surface area contributed by atoms with Crippen molar-refractivity contribution < 1.29 is 19.1 Å². The first kappa shape index (κ1) is 19.6. The van der Waals surface area contributed by atoms with Crippen molar-refractivity contribution in [3.05, 3.63) is 69.0 Å². The van der Waals surface area contributed by atoms with Gasteiger partial charge in [0.05, 0.1) is 0 Å².